The summed E-state index contributed by atoms with van der Waals surface area (Å²) in [5, 5.41) is 14.6. The van der Waals surface area contributed by atoms with E-state index >= 15 is 0 Å². The van der Waals surface area contributed by atoms with E-state index in [2.05, 4.69) is 26.6 Å². The minimum Gasteiger partial charge on any atom is -0.481 e. The number of urea groups is 1. The van der Waals surface area contributed by atoms with Gasteiger partial charge in [0.25, 0.3) is 0 Å². The number of hydrogen-bond donors (Lipinski definition) is 3. The summed E-state index contributed by atoms with van der Waals surface area (Å²) < 4.78 is 0.793. The van der Waals surface area contributed by atoms with Gasteiger partial charge >= 0.3 is 12.0 Å². The number of halogens is 2. The lowest BCUT2D eigenvalue weighted by molar-refractivity contribution is -0.137. The summed E-state index contributed by atoms with van der Waals surface area (Å²) in [6.45, 7) is 0. The highest BCUT2D eigenvalue weighted by molar-refractivity contribution is 9.10. The summed E-state index contributed by atoms with van der Waals surface area (Å²) in [4.78, 5) is 22.7. The van der Waals surface area contributed by atoms with Crippen LogP contribution in [0.25, 0.3) is 0 Å². The van der Waals surface area contributed by atoms with Gasteiger partial charge in [0, 0.05) is 10.5 Å². The molecule has 0 spiro atoms. The normalized spacial score (nSPS) is 15.5. The lowest BCUT2D eigenvalue weighted by atomic mass is 10.1. The van der Waals surface area contributed by atoms with Gasteiger partial charge in [0.2, 0.25) is 0 Å². The first-order valence-corrected chi connectivity index (χ1v) is 7.37. The molecule has 0 aromatic heterocycles. The van der Waals surface area contributed by atoms with Crippen LogP contribution in [0.3, 0.4) is 0 Å². The van der Waals surface area contributed by atoms with Crippen LogP contribution in [-0.4, -0.2) is 23.1 Å². The van der Waals surface area contributed by atoms with Gasteiger partial charge in [-0.15, -0.1) is 0 Å². The summed E-state index contributed by atoms with van der Waals surface area (Å²) in [7, 11) is 0. The standard InChI is InChI=1S/C13H14BrClN2O3/c14-8-3-4-9(15)11(5-8)17-13(20)16-10(6-12(18)19)7-1-2-7/h3-5,7,10H,1-2,6H2,(H,18,19)(H2,16,17,20). The highest BCUT2D eigenvalue weighted by atomic mass is 79.9. The molecule has 1 atom stereocenters. The van der Waals surface area contributed by atoms with Crippen molar-refractivity contribution >= 4 is 45.2 Å². The van der Waals surface area contributed by atoms with Gasteiger partial charge in [-0.25, -0.2) is 4.79 Å². The van der Waals surface area contributed by atoms with E-state index in [4.69, 9.17) is 16.7 Å². The Morgan fingerprint density at radius 2 is 2.15 bits per heavy atom. The van der Waals surface area contributed by atoms with Gasteiger partial charge in [-0.3, -0.25) is 4.79 Å². The molecule has 20 heavy (non-hydrogen) atoms. The number of carboxylic acid groups (broad SMARTS) is 1. The van der Waals surface area contributed by atoms with Crippen LogP contribution in [-0.2, 0) is 4.79 Å². The van der Waals surface area contributed by atoms with E-state index in [1.54, 1.807) is 18.2 Å². The average Bonchev–Trinajstić information content (AvgIpc) is 3.16. The van der Waals surface area contributed by atoms with E-state index in [1.807, 2.05) is 0 Å². The van der Waals surface area contributed by atoms with E-state index in [-0.39, 0.29) is 18.4 Å². The highest BCUT2D eigenvalue weighted by Gasteiger charge is 2.33. The Balaban J connectivity index is 1.96. The second-order valence-electron chi connectivity index (χ2n) is 4.76. The first-order valence-electron chi connectivity index (χ1n) is 6.20. The minimum atomic E-state index is -0.914. The second kappa shape index (κ2) is 6.45. The van der Waals surface area contributed by atoms with Crippen LogP contribution in [0.15, 0.2) is 22.7 Å². The second-order valence-corrected chi connectivity index (χ2v) is 6.09. The van der Waals surface area contributed by atoms with Gasteiger partial charge in [-0.05, 0) is 37.0 Å². The van der Waals surface area contributed by atoms with Crippen LogP contribution in [0.4, 0.5) is 10.5 Å². The minimum absolute atomic E-state index is 0.0652. The number of aliphatic carboxylic acids is 1. The first-order chi connectivity index (χ1) is 9.45. The van der Waals surface area contributed by atoms with E-state index in [9.17, 15) is 9.59 Å². The number of amides is 2. The molecule has 0 radical (unpaired) electrons. The molecule has 5 nitrogen and oxygen atoms in total. The fourth-order valence-corrected chi connectivity index (χ4v) is 2.47. The number of benzene rings is 1. The Hall–Kier alpha value is -1.27. The highest BCUT2D eigenvalue weighted by Crippen LogP contribution is 2.34. The van der Waals surface area contributed by atoms with Crippen LogP contribution in [0.2, 0.25) is 5.02 Å². The maximum absolute atomic E-state index is 11.9. The third kappa shape index (κ3) is 4.38. The lowest BCUT2D eigenvalue weighted by Crippen LogP contribution is -2.40. The zero-order valence-electron chi connectivity index (χ0n) is 10.5. The van der Waals surface area contributed by atoms with Crippen molar-refractivity contribution < 1.29 is 14.7 Å². The van der Waals surface area contributed by atoms with Crippen LogP contribution in [0.5, 0.6) is 0 Å². The molecule has 108 valence electrons. The van der Waals surface area contributed by atoms with Crippen molar-refractivity contribution in [3.63, 3.8) is 0 Å². The van der Waals surface area contributed by atoms with Gasteiger partial charge in [-0.1, -0.05) is 27.5 Å². The summed E-state index contributed by atoms with van der Waals surface area (Å²) in [5.41, 5.74) is 0.475. The number of nitrogens with one attached hydrogen (secondary N) is 2. The number of anilines is 1. The van der Waals surface area contributed by atoms with Crippen molar-refractivity contribution in [1.29, 1.82) is 0 Å². The molecule has 3 N–H and O–H groups in total. The van der Waals surface area contributed by atoms with Gasteiger partial charge in [0.15, 0.2) is 0 Å². The molecule has 0 bridgehead atoms. The third-order valence-corrected chi connectivity index (χ3v) is 3.90. The number of hydrogen-bond acceptors (Lipinski definition) is 2. The molecule has 1 unspecified atom stereocenters. The van der Waals surface area contributed by atoms with E-state index in [0.29, 0.717) is 10.7 Å². The first kappa shape index (κ1) is 15.1. The molecule has 2 amide bonds. The average molecular weight is 362 g/mol. The number of carbonyl (C=O) groups excluding carboxylic acids is 1. The monoisotopic (exact) mass is 360 g/mol. The van der Waals surface area contributed by atoms with E-state index in [1.165, 1.54) is 0 Å². The van der Waals surface area contributed by atoms with Crippen molar-refractivity contribution in [2.24, 2.45) is 5.92 Å². The van der Waals surface area contributed by atoms with Gasteiger partial charge in [-0.2, -0.15) is 0 Å². The molecule has 1 fully saturated rings. The van der Waals surface area contributed by atoms with E-state index < -0.39 is 12.0 Å². The topological polar surface area (TPSA) is 78.4 Å². The Morgan fingerprint density at radius 1 is 1.45 bits per heavy atom. The Kier molecular flexibility index (Phi) is 4.88. The molecule has 1 aromatic carbocycles. The SMILES string of the molecule is O=C(O)CC(NC(=O)Nc1cc(Br)ccc1Cl)C1CC1. The fourth-order valence-electron chi connectivity index (χ4n) is 1.94. The van der Waals surface area contributed by atoms with Crippen molar-refractivity contribution in [3.8, 4) is 0 Å². The van der Waals surface area contributed by atoms with Crippen molar-refractivity contribution in [3.05, 3.63) is 27.7 Å². The zero-order valence-corrected chi connectivity index (χ0v) is 12.9. The Morgan fingerprint density at radius 3 is 2.75 bits per heavy atom. The number of carboxylic acids is 1. The molecule has 0 heterocycles. The van der Waals surface area contributed by atoms with Gasteiger partial charge < -0.3 is 15.7 Å². The van der Waals surface area contributed by atoms with Crippen LogP contribution >= 0.6 is 27.5 Å². The fraction of sp³-hybridized carbons (Fsp3) is 0.385. The number of carbonyl (C=O) groups is 2. The largest absolute Gasteiger partial charge is 0.481 e. The zero-order chi connectivity index (χ0) is 14.7. The molecule has 1 aliphatic carbocycles. The van der Waals surface area contributed by atoms with Gasteiger partial charge in [0.1, 0.15) is 0 Å². The molecular formula is C13H14BrClN2O3. The predicted octanol–water partition coefficient (Wildman–Crippen LogP) is 3.48. The van der Waals surface area contributed by atoms with Crippen LogP contribution < -0.4 is 10.6 Å². The number of rotatable bonds is 5. The molecule has 0 saturated heterocycles. The molecular weight excluding hydrogens is 348 g/mol. The summed E-state index contributed by atoms with van der Waals surface area (Å²) in [5.74, 6) is -0.655. The smallest absolute Gasteiger partial charge is 0.319 e. The maximum Gasteiger partial charge on any atom is 0.319 e. The molecule has 0 aliphatic heterocycles. The maximum atomic E-state index is 11.9. The summed E-state index contributed by atoms with van der Waals surface area (Å²) in [6, 6.07) is 4.34. The Bertz CT molecular complexity index is 534. The lowest BCUT2D eigenvalue weighted by Gasteiger charge is -2.17. The van der Waals surface area contributed by atoms with Crippen LogP contribution in [0, 0.1) is 5.92 Å². The molecule has 1 aliphatic rings. The van der Waals surface area contributed by atoms with Crippen molar-refractivity contribution in [2.75, 3.05) is 5.32 Å². The van der Waals surface area contributed by atoms with Crippen molar-refractivity contribution in [1.82, 2.24) is 5.32 Å². The molecule has 7 heteroatoms. The predicted molar refractivity (Wildman–Crippen MR) is 80.1 cm³/mol. The van der Waals surface area contributed by atoms with Crippen LogP contribution in [0.1, 0.15) is 19.3 Å². The molecule has 1 saturated carbocycles. The van der Waals surface area contributed by atoms with E-state index in [0.717, 1.165) is 17.3 Å². The molecule has 1 aromatic rings. The third-order valence-electron chi connectivity index (χ3n) is 3.08. The summed E-state index contributed by atoms with van der Waals surface area (Å²) in [6.07, 6.45) is 1.84. The summed E-state index contributed by atoms with van der Waals surface area (Å²) >= 11 is 9.27. The Labute approximate surface area is 129 Å². The quantitative estimate of drug-likeness (QED) is 0.751. The molecule has 2 rings (SSSR count). The van der Waals surface area contributed by atoms with Crippen molar-refractivity contribution in [2.45, 2.75) is 25.3 Å². The van der Waals surface area contributed by atoms with Gasteiger partial charge in [0.05, 0.1) is 17.1 Å².